The van der Waals surface area contributed by atoms with Crippen LogP contribution in [0.3, 0.4) is 0 Å². The van der Waals surface area contributed by atoms with Gasteiger partial charge in [-0.25, -0.2) is 17.9 Å². The quantitative estimate of drug-likeness (QED) is 0.217. The number of aromatic nitrogens is 1. The van der Waals surface area contributed by atoms with Gasteiger partial charge in [0.25, 0.3) is 15.9 Å². The van der Waals surface area contributed by atoms with Gasteiger partial charge < -0.3 is 19.5 Å². The molecule has 7 rings (SSSR count). The van der Waals surface area contributed by atoms with E-state index in [9.17, 15) is 18.0 Å². The van der Waals surface area contributed by atoms with Gasteiger partial charge >= 0.3 is 6.03 Å². The molecular formula is C35H36N4O6S. The molecule has 1 saturated carbocycles. The van der Waals surface area contributed by atoms with Gasteiger partial charge in [-0.1, -0.05) is 47.6 Å². The van der Waals surface area contributed by atoms with Crippen molar-refractivity contribution in [2.24, 2.45) is 0 Å². The van der Waals surface area contributed by atoms with Crippen LogP contribution in [-0.2, 0) is 21.4 Å². The van der Waals surface area contributed by atoms with Crippen molar-refractivity contribution in [2.45, 2.75) is 81.1 Å². The molecule has 3 aromatic carbocycles. The lowest BCUT2D eigenvalue weighted by Gasteiger charge is -2.38. The fraction of sp³-hybridized carbons (Fsp3) is 0.343. The van der Waals surface area contributed by atoms with E-state index in [1.807, 2.05) is 17.0 Å². The van der Waals surface area contributed by atoms with Gasteiger partial charge in [0.15, 0.2) is 0 Å². The second-order valence-electron chi connectivity index (χ2n) is 12.4. The lowest BCUT2D eigenvalue weighted by Crippen LogP contribution is -2.50. The Morgan fingerprint density at radius 3 is 2.26 bits per heavy atom. The third-order valence-corrected chi connectivity index (χ3v) is 10.6. The van der Waals surface area contributed by atoms with E-state index in [0.717, 1.165) is 66.7 Å². The second-order valence-corrected chi connectivity index (χ2v) is 14.1. The smallest absolute Gasteiger partial charge is 0.322 e. The molecule has 11 heteroatoms. The number of benzene rings is 3. The summed E-state index contributed by atoms with van der Waals surface area (Å²) >= 11 is 0. The standard InChI is InChI=1S/C35H36N4O6S/c1-22-7-5-6-10-30(22)32-31(33(45-37-32)23-11-12-23)21-44-28-19-26-17-18-27(20-28)39(26)35(41)36-25-15-13-24(14-16-25)34(40)38-46(42,43)29-8-3-2-4-9-29/h2-10,13-16,23,26-28H,11-12,17-21H2,1H3,(H,36,41)(H,38,40). The minimum atomic E-state index is -3.99. The molecule has 0 radical (unpaired) electrons. The first-order valence-electron chi connectivity index (χ1n) is 15.7. The number of hydrogen-bond acceptors (Lipinski definition) is 7. The van der Waals surface area contributed by atoms with Crippen molar-refractivity contribution in [3.8, 4) is 11.3 Å². The summed E-state index contributed by atoms with van der Waals surface area (Å²) in [4.78, 5) is 28.0. The van der Waals surface area contributed by atoms with E-state index in [4.69, 9.17) is 9.26 Å². The summed E-state index contributed by atoms with van der Waals surface area (Å²) < 4.78 is 39.5. The number of piperidine rings is 1. The summed E-state index contributed by atoms with van der Waals surface area (Å²) in [7, 11) is -3.99. The summed E-state index contributed by atoms with van der Waals surface area (Å²) in [5.74, 6) is 0.610. The van der Waals surface area contributed by atoms with Gasteiger partial charge in [0.1, 0.15) is 11.5 Å². The summed E-state index contributed by atoms with van der Waals surface area (Å²) in [6.45, 7) is 2.51. The molecule has 2 atom stereocenters. The highest BCUT2D eigenvalue weighted by molar-refractivity contribution is 7.90. The molecule has 2 N–H and O–H groups in total. The monoisotopic (exact) mass is 640 g/mol. The maximum absolute atomic E-state index is 13.4. The van der Waals surface area contributed by atoms with E-state index < -0.39 is 15.9 Å². The number of urea groups is 1. The normalized spacial score (nSPS) is 20.8. The molecule has 2 unspecified atom stereocenters. The molecule has 2 bridgehead atoms. The highest BCUT2D eigenvalue weighted by Crippen LogP contribution is 2.45. The lowest BCUT2D eigenvalue weighted by atomic mass is 9.99. The summed E-state index contributed by atoms with van der Waals surface area (Å²) in [5, 5.41) is 7.42. The maximum Gasteiger partial charge on any atom is 0.322 e. The Morgan fingerprint density at radius 2 is 1.59 bits per heavy atom. The van der Waals surface area contributed by atoms with Crippen LogP contribution >= 0.6 is 0 Å². The van der Waals surface area contributed by atoms with Crippen molar-refractivity contribution in [2.75, 3.05) is 5.32 Å². The highest BCUT2D eigenvalue weighted by atomic mass is 32.2. The molecule has 2 saturated heterocycles. The first kappa shape index (κ1) is 30.2. The van der Waals surface area contributed by atoms with Crippen molar-refractivity contribution in [1.82, 2.24) is 14.8 Å². The maximum atomic E-state index is 13.4. The van der Waals surface area contributed by atoms with Crippen LogP contribution < -0.4 is 10.0 Å². The van der Waals surface area contributed by atoms with Crippen LogP contribution in [0.4, 0.5) is 10.5 Å². The van der Waals surface area contributed by atoms with Crippen molar-refractivity contribution in [3.05, 3.63) is 101 Å². The fourth-order valence-corrected chi connectivity index (χ4v) is 7.70. The number of anilines is 1. The number of aryl methyl sites for hydroxylation is 1. The zero-order chi connectivity index (χ0) is 31.8. The molecule has 3 aliphatic rings. The van der Waals surface area contributed by atoms with E-state index in [-0.39, 0.29) is 34.7 Å². The first-order chi connectivity index (χ1) is 22.3. The van der Waals surface area contributed by atoms with Crippen LogP contribution in [-0.4, -0.2) is 48.6 Å². The number of carbonyl (C=O) groups is 2. The molecule has 10 nitrogen and oxygen atoms in total. The fourth-order valence-electron chi connectivity index (χ4n) is 6.71. The van der Waals surface area contributed by atoms with Crippen molar-refractivity contribution < 1.29 is 27.3 Å². The second kappa shape index (κ2) is 12.4. The average molecular weight is 641 g/mol. The Morgan fingerprint density at radius 1 is 0.913 bits per heavy atom. The number of rotatable bonds is 9. The van der Waals surface area contributed by atoms with Gasteiger partial charge in [-0.3, -0.25) is 4.79 Å². The molecule has 3 amide bonds. The van der Waals surface area contributed by atoms with E-state index in [2.05, 4.69) is 34.3 Å². The van der Waals surface area contributed by atoms with Crippen LogP contribution in [0, 0.1) is 6.92 Å². The number of hydrogen-bond donors (Lipinski definition) is 2. The average Bonchev–Trinajstić information content (AvgIpc) is 3.75. The lowest BCUT2D eigenvalue weighted by molar-refractivity contribution is -0.0158. The van der Waals surface area contributed by atoms with Crippen molar-refractivity contribution in [3.63, 3.8) is 0 Å². The van der Waals surface area contributed by atoms with Crippen LogP contribution in [0.15, 0.2) is 88.3 Å². The van der Waals surface area contributed by atoms with Crippen molar-refractivity contribution >= 4 is 27.6 Å². The van der Waals surface area contributed by atoms with Gasteiger partial charge in [-0.15, -0.1) is 0 Å². The number of fused-ring (bicyclic) bond motifs is 2. The molecule has 1 aliphatic carbocycles. The molecule has 0 spiro atoms. The van der Waals surface area contributed by atoms with E-state index >= 15 is 0 Å². The number of nitrogens with zero attached hydrogens (tertiary/aromatic N) is 2. The number of sulfonamides is 1. The Labute approximate surface area is 268 Å². The van der Waals surface area contributed by atoms with Crippen LogP contribution in [0.5, 0.6) is 0 Å². The largest absolute Gasteiger partial charge is 0.373 e. The van der Waals surface area contributed by atoms with Crippen molar-refractivity contribution in [1.29, 1.82) is 0 Å². The Balaban J connectivity index is 0.962. The van der Waals surface area contributed by atoms with E-state index in [1.165, 1.54) is 24.3 Å². The Bertz CT molecular complexity index is 1840. The molecule has 238 valence electrons. The van der Waals surface area contributed by atoms with Gasteiger partial charge in [0.2, 0.25) is 0 Å². The molecule has 46 heavy (non-hydrogen) atoms. The van der Waals surface area contributed by atoms with Crippen LogP contribution in [0.2, 0.25) is 0 Å². The molecule has 2 aliphatic heterocycles. The molecule has 1 aromatic heterocycles. The topological polar surface area (TPSA) is 131 Å². The van der Waals surface area contributed by atoms with Gasteiger partial charge in [-0.2, -0.15) is 0 Å². The zero-order valence-electron chi connectivity index (χ0n) is 25.5. The molecule has 3 heterocycles. The van der Waals surface area contributed by atoms with Gasteiger partial charge in [0, 0.05) is 40.4 Å². The van der Waals surface area contributed by atoms with Gasteiger partial charge in [-0.05, 0) is 87.4 Å². The number of ether oxygens (including phenoxy) is 1. The third-order valence-electron chi connectivity index (χ3n) is 9.23. The summed E-state index contributed by atoms with van der Waals surface area (Å²) in [5.41, 5.74) is 4.80. The molecule has 4 aromatic rings. The van der Waals surface area contributed by atoms with Gasteiger partial charge in [0.05, 0.1) is 17.6 Å². The number of carbonyl (C=O) groups excluding carboxylic acids is 2. The minimum Gasteiger partial charge on any atom is -0.373 e. The number of nitrogens with one attached hydrogen (secondary N) is 2. The van der Waals surface area contributed by atoms with E-state index in [0.29, 0.717) is 18.2 Å². The highest BCUT2D eigenvalue weighted by Gasteiger charge is 2.44. The predicted molar refractivity (Wildman–Crippen MR) is 172 cm³/mol. The summed E-state index contributed by atoms with van der Waals surface area (Å²) in [6.07, 6.45) is 5.59. The first-order valence-corrected chi connectivity index (χ1v) is 17.2. The minimum absolute atomic E-state index is 0.00421. The Kier molecular flexibility index (Phi) is 8.12. The predicted octanol–water partition coefficient (Wildman–Crippen LogP) is 6.39. The third kappa shape index (κ3) is 6.17. The van der Waals surface area contributed by atoms with E-state index in [1.54, 1.807) is 30.3 Å². The molecular weight excluding hydrogens is 604 g/mol. The zero-order valence-corrected chi connectivity index (χ0v) is 26.3. The van der Waals surface area contributed by atoms with Crippen LogP contribution in [0.1, 0.15) is 71.7 Å². The van der Waals surface area contributed by atoms with Crippen LogP contribution in [0.25, 0.3) is 11.3 Å². The molecule has 3 fully saturated rings. The summed E-state index contributed by atoms with van der Waals surface area (Å²) in [6, 6.07) is 22.0. The number of amides is 3. The SMILES string of the molecule is Cc1ccccc1-c1noc(C2CC2)c1COC1CC2CCC(C1)N2C(=O)Nc1ccc(C(=O)NS(=O)(=O)c2ccccc2)cc1. The Hall–Kier alpha value is -4.48.